The van der Waals surface area contributed by atoms with E-state index in [9.17, 15) is 4.79 Å². The summed E-state index contributed by atoms with van der Waals surface area (Å²) in [5.74, 6) is -0.313. The monoisotopic (exact) mass is 262 g/mol. The van der Waals surface area contributed by atoms with Crippen LogP contribution in [-0.2, 0) is 0 Å². The first kappa shape index (κ1) is 13.2. The van der Waals surface area contributed by atoms with Crippen molar-refractivity contribution >= 4 is 11.9 Å². The Morgan fingerprint density at radius 1 is 1.26 bits per heavy atom. The van der Waals surface area contributed by atoms with Gasteiger partial charge in [0.05, 0.1) is 6.04 Å². The maximum absolute atomic E-state index is 11.0. The summed E-state index contributed by atoms with van der Waals surface area (Å²) in [6, 6.07) is 7.22. The zero-order valence-electron chi connectivity index (χ0n) is 10.6. The van der Waals surface area contributed by atoms with Crippen LogP contribution in [0.5, 0.6) is 0 Å². The highest BCUT2D eigenvalue weighted by atomic mass is 16.4. The Morgan fingerprint density at radius 3 is 2.53 bits per heavy atom. The van der Waals surface area contributed by atoms with Gasteiger partial charge >= 0.3 is 0 Å². The molecule has 0 aromatic heterocycles. The van der Waals surface area contributed by atoms with Crippen LogP contribution in [0.3, 0.4) is 0 Å². The van der Waals surface area contributed by atoms with Crippen LogP contribution in [0.4, 0.5) is 0 Å². The number of piperidine rings is 1. The minimum Gasteiger partial charge on any atom is -0.408 e. The molecule has 1 heterocycles. The third kappa shape index (κ3) is 2.78. The number of primary amides is 1. The van der Waals surface area contributed by atoms with Gasteiger partial charge in [0, 0.05) is 12.1 Å². The molecular weight excluding hydrogens is 244 g/mol. The summed E-state index contributed by atoms with van der Waals surface area (Å²) >= 11 is 0. The number of likely N-dealkylation sites (tertiary alicyclic amines) is 1. The number of nitrogens with two attached hydrogens (primary N) is 2. The Balaban J connectivity index is 2.24. The van der Waals surface area contributed by atoms with E-state index in [1.54, 1.807) is 12.1 Å². The van der Waals surface area contributed by atoms with Crippen LogP contribution in [0.15, 0.2) is 29.4 Å². The van der Waals surface area contributed by atoms with Crippen molar-refractivity contribution in [2.75, 3.05) is 6.54 Å². The minimum atomic E-state index is -0.441. The number of rotatable bonds is 2. The molecule has 102 valence electrons. The van der Waals surface area contributed by atoms with Crippen molar-refractivity contribution in [3.05, 3.63) is 35.4 Å². The molecule has 0 saturated carbocycles. The molecule has 1 saturated heterocycles. The van der Waals surface area contributed by atoms with E-state index < -0.39 is 5.91 Å². The van der Waals surface area contributed by atoms with Crippen molar-refractivity contribution in [2.45, 2.75) is 25.3 Å². The van der Waals surface area contributed by atoms with Crippen LogP contribution >= 0.6 is 0 Å². The second-order valence-electron chi connectivity index (χ2n) is 4.65. The van der Waals surface area contributed by atoms with Crippen molar-refractivity contribution in [3.63, 3.8) is 0 Å². The molecule has 0 radical (unpaired) electrons. The molecular formula is C13H18N4O2. The van der Waals surface area contributed by atoms with Crippen molar-refractivity contribution in [1.29, 1.82) is 0 Å². The quantitative estimate of drug-likeness (QED) is 0.320. The summed E-state index contributed by atoms with van der Waals surface area (Å²) in [4.78, 5) is 12.9. The van der Waals surface area contributed by atoms with Gasteiger partial charge in [-0.3, -0.25) is 4.79 Å². The van der Waals surface area contributed by atoms with E-state index in [4.69, 9.17) is 16.7 Å². The number of carbonyl (C=O) groups is 1. The van der Waals surface area contributed by atoms with Gasteiger partial charge in [-0.05, 0) is 37.0 Å². The van der Waals surface area contributed by atoms with E-state index in [-0.39, 0.29) is 12.0 Å². The number of carbonyl (C=O) groups excluding carboxylic acids is 1. The van der Waals surface area contributed by atoms with Gasteiger partial charge in [-0.15, -0.1) is 0 Å². The van der Waals surface area contributed by atoms with Crippen molar-refractivity contribution < 1.29 is 10.0 Å². The molecule has 0 aliphatic carbocycles. The topological polar surface area (TPSA) is 105 Å². The minimum absolute atomic E-state index is 0.0755. The van der Waals surface area contributed by atoms with E-state index in [1.165, 1.54) is 0 Å². The maximum atomic E-state index is 11.0. The lowest BCUT2D eigenvalue weighted by atomic mass is 9.95. The van der Waals surface area contributed by atoms with E-state index >= 15 is 0 Å². The number of nitrogens with zero attached hydrogens (tertiary/aromatic N) is 2. The van der Waals surface area contributed by atoms with Gasteiger partial charge in [0.1, 0.15) is 0 Å². The third-order valence-corrected chi connectivity index (χ3v) is 3.48. The van der Waals surface area contributed by atoms with Crippen molar-refractivity contribution in [1.82, 2.24) is 4.90 Å². The fourth-order valence-corrected chi connectivity index (χ4v) is 2.48. The molecule has 2 rings (SSSR count). The van der Waals surface area contributed by atoms with Crippen LogP contribution in [0.2, 0.25) is 0 Å². The van der Waals surface area contributed by atoms with E-state index in [0.29, 0.717) is 5.56 Å². The van der Waals surface area contributed by atoms with Gasteiger partial charge in [-0.1, -0.05) is 17.3 Å². The van der Waals surface area contributed by atoms with Gasteiger partial charge in [-0.25, -0.2) is 0 Å². The summed E-state index contributed by atoms with van der Waals surface area (Å²) < 4.78 is 0. The lowest BCUT2D eigenvalue weighted by Crippen LogP contribution is -2.43. The summed E-state index contributed by atoms with van der Waals surface area (Å²) in [6.07, 6.45) is 3.05. The number of hydrogen-bond donors (Lipinski definition) is 3. The van der Waals surface area contributed by atoms with Gasteiger partial charge < -0.3 is 21.6 Å². The summed E-state index contributed by atoms with van der Waals surface area (Å²) in [6.45, 7) is 0.762. The largest absolute Gasteiger partial charge is 0.408 e. The molecule has 0 bridgehead atoms. The standard InChI is InChI=1S/C13H18N4O2/c14-12(18)10-6-4-9(5-7-10)11-3-1-2-8-17(11)13(15)16-19/h4-7,11,19H,1-3,8H2,(H2,14,18)(H2,15,16). The first-order chi connectivity index (χ1) is 9.13. The van der Waals surface area contributed by atoms with Gasteiger partial charge in [0.25, 0.3) is 0 Å². The number of oxime groups is 1. The molecule has 0 spiro atoms. The normalized spacial score (nSPS) is 20.3. The summed E-state index contributed by atoms with van der Waals surface area (Å²) in [5, 5.41) is 11.9. The lowest BCUT2D eigenvalue weighted by Gasteiger charge is -2.36. The molecule has 19 heavy (non-hydrogen) atoms. The Bertz CT molecular complexity index is 484. The SMILES string of the molecule is NC(=O)c1ccc(C2CCCCN2/C(N)=N/O)cc1. The van der Waals surface area contributed by atoms with Gasteiger partial charge in [0.2, 0.25) is 11.9 Å². The molecule has 1 aliphatic heterocycles. The molecule has 6 heteroatoms. The Hall–Kier alpha value is -2.24. The molecule has 5 N–H and O–H groups in total. The number of hydrogen-bond acceptors (Lipinski definition) is 3. The molecule has 1 aliphatic rings. The zero-order valence-corrected chi connectivity index (χ0v) is 10.6. The van der Waals surface area contributed by atoms with Crippen LogP contribution < -0.4 is 11.5 Å². The van der Waals surface area contributed by atoms with E-state index in [2.05, 4.69) is 5.16 Å². The Labute approximate surface area is 111 Å². The molecule has 1 amide bonds. The predicted octanol–water partition coefficient (Wildman–Crippen LogP) is 1.02. The smallest absolute Gasteiger partial charge is 0.248 e. The fourth-order valence-electron chi connectivity index (χ4n) is 2.48. The van der Waals surface area contributed by atoms with Crippen molar-refractivity contribution in [3.8, 4) is 0 Å². The molecule has 1 aromatic rings. The highest BCUT2D eigenvalue weighted by Gasteiger charge is 2.25. The van der Waals surface area contributed by atoms with Crippen LogP contribution in [0.1, 0.15) is 41.2 Å². The molecule has 6 nitrogen and oxygen atoms in total. The molecule has 1 unspecified atom stereocenters. The average molecular weight is 262 g/mol. The average Bonchev–Trinajstić information content (AvgIpc) is 2.46. The van der Waals surface area contributed by atoms with Gasteiger partial charge in [-0.2, -0.15) is 0 Å². The number of benzene rings is 1. The zero-order chi connectivity index (χ0) is 13.8. The predicted molar refractivity (Wildman–Crippen MR) is 71.7 cm³/mol. The Morgan fingerprint density at radius 2 is 1.95 bits per heavy atom. The maximum Gasteiger partial charge on any atom is 0.248 e. The first-order valence-electron chi connectivity index (χ1n) is 6.27. The highest BCUT2D eigenvalue weighted by molar-refractivity contribution is 5.92. The molecule has 1 fully saturated rings. The van der Waals surface area contributed by atoms with E-state index in [1.807, 2.05) is 17.0 Å². The third-order valence-electron chi connectivity index (χ3n) is 3.48. The lowest BCUT2D eigenvalue weighted by molar-refractivity contribution is 0.1000. The first-order valence-corrected chi connectivity index (χ1v) is 6.27. The summed E-state index contributed by atoms with van der Waals surface area (Å²) in [7, 11) is 0. The summed E-state index contributed by atoms with van der Waals surface area (Å²) in [5.41, 5.74) is 12.4. The van der Waals surface area contributed by atoms with E-state index in [0.717, 1.165) is 31.4 Å². The fraction of sp³-hybridized carbons (Fsp3) is 0.385. The van der Waals surface area contributed by atoms with Crippen LogP contribution in [0.25, 0.3) is 0 Å². The highest BCUT2D eigenvalue weighted by Crippen LogP contribution is 2.30. The number of guanidine groups is 1. The molecule has 1 atom stereocenters. The van der Waals surface area contributed by atoms with Gasteiger partial charge in [0.15, 0.2) is 0 Å². The molecule has 1 aromatic carbocycles. The number of amides is 1. The Kier molecular flexibility index (Phi) is 3.89. The second-order valence-corrected chi connectivity index (χ2v) is 4.65. The van der Waals surface area contributed by atoms with Crippen molar-refractivity contribution in [2.24, 2.45) is 16.6 Å². The second kappa shape index (κ2) is 5.60. The van der Waals surface area contributed by atoms with Crippen LogP contribution in [-0.4, -0.2) is 28.5 Å². The van der Waals surface area contributed by atoms with Crippen LogP contribution in [0, 0.1) is 0 Å².